The van der Waals surface area contributed by atoms with Crippen molar-refractivity contribution in [3.8, 4) is 0 Å². The summed E-state index contributed by atoms with van der Waals surface area (Å²) in [7, 11) is 0. The molecule has 1 aliphatic heterocycles. The minimum absolute atomic E-state index is 0.0234. The Morgan fingerprint density at radius 2 is 1.95 bits per heavy atom. The smallest absolute Gasteiger partial charge is 0.270 e. The Kier molecular flexibility index (Phi) is 3.87. The molecular formula is C15H19N5O. The van der Waals surface area contributed by atoms with Gasteiger partial charge in [-0.05, 0) is 23.8 Å². The van der Waals surface area contributed by atoms with Gasteiger partial charge in [0.2, 0.25) is 0 Å². The summed E-state index contributed by atoms with van der Waals surface area (Å²) >= 11 is 0. The molecule has 0 radical (unpaired) electrons. The highest BCUT2D eigenvalue weighted by atomic mass is 16.2. The molecule has 2 aromatic rings. The van der Waals surface area contributed by atoms with Crippen LogP contribution in [-0.2, 0) is 6.54 Å². The fraction of sp³-hybridized carbons (Fsp3) is 0.333. The number of anilines is 1. The second kappa shape index (κ2) is 5.97. The molecule has 0 atom stereocenters. The number of carbonyl (C=O) groups excluding carboxylic acids is 1. The van der Waals surface area contributed by atoms with Crippen molar-refractivity contribution in [3.05, 3.63) is 48.0 Å². The Balaban J connectivity index is 1.54. The maximum Gasteiger partial charge on any atom is 0.270 e. The molecule has 0 aromatic carbocycles. The van der Waals surface area contributed by atoms with Crippen LogP contribution >= 0.6 is 0 Å². The first-order valence-corrected chi connectivity index (χ1v) is 7.07. The fourth-order valence-electron chi connectivity index (χ4n) is 2.56. The van der Waals surface area contributed by atoms with Crippen molar-refractivity contribution in [3.63, 3.8) is 0 Å². The van der Waals surface area contributed by atoms with Gasteiger partial charge >= 0.3 is 0 Å². The van der Waals surface area contributed by atoms with E-state index in [-0.39, 0.29) is 5.91 Å². The number of nitrogens with two attached hydrogens (primary N) is 1. The maximum absolute atomic E-state index is 12.3. The summed E-state index contributed by atoms with van der Waals surface area (Å²) in [6.07, 6.45) is 5.27. The quantitative estimate of drug-likeness (QED) is 0.880. The number of aromatic amines is 1. The highest BCUT2D eigenvalue weighted by Crippen LogP contribution is 2.12. The van der Waals surface area contributed by atoms with Crippen molar-refractivity contribution in [2.75, 3.05) is 31.9 Å². The van der Waals surface area contributed by atoms with Crippen LogP contribution in [0.2, 0.25) is 0 Å². The minimum atomic E-state index is 0.0234. The minimum Gasteiger partial charge on any atom is -0.397 e. The summed E-state index contributed by atoms with van der Waals surface area (Å²) in [5.74, 6) is 0.0234. The van der Waals surface area contributed by atoms with Crippen molar-refractivity contribution >= 4 is 11.6 Å². The predicted molar refractivity (Wildman–Crippen MR) is 80.6 cm³/mol. The van der Waals surface area contributed by atoms with E-state index in [1.807, 2.05) is 29.4 Å². The molecule has 1 aliphatic rings. The Hall–Kier alpha value is -2.34. The molecule has 110 valence electrons. The molecule has 1 fully saturated rings. The van der Waals surface area contributed by atoms with E-state index in [0.717, 1.165) is 32.7 Å². The van der Waals surface area contributed by atoms with Gasteiger partial charge in [0.05, 0.1) is 0 Å². The second-order valence-electron chi connectivity index (χ2n) is 5.27. The third-order valence-electron chi connectivity index (χ3n) is 3.75. The molecule has 0 spiro atoms. The predicted octanol–water partition coefficient (Wildman–Crippen LogP) is 0.950. The first kappa shape index (κ1) is 13.6. The molecule has 3 rings (SSSR count). The van der Waals surface area contributed by atoms with E-state index in [1.165, 1.54) is 5.56 Å². The summed E-state index contributed by atoms with van der Waals surface area (Å²) in [6.45, 7) is 4.14. The number of hydrogen-bond acceptors (Lipinski definition) is 4. The zero-order valence-corrected chi connectivity index (χ0v) is 11.8. The number of carbonyl (C=O) groups is 1. The summed E-state index contributed by atoms with van der Waals surface area (Å²) in [4.78, 5) is 23.5. The first-order valence-electron chi connectivity index (χ1n) is 7.07. The van der Waals surface area contributed by atoms with Crippen molar-refractivity contribution < 1.29 is 4.79 Å². The Morgan fingerprint density at radius 1 is 1.24 bits per heavy atom. The van der Waals surface area contributed by atoms with Gasteiger partial charge < -0.3 is 15.6 Å². The van der Waals surface area contributed by atoms with Gasteiger partial charge in [-0.25, -0.2) is 0 Å². The molecule has 0 unspecified atom stereocenters. The maximum atomic E-state index is 12.3. The molecule has 3 heterocycles. The number of nitrogen functional groups attached to an aromatic ring is 1. The zero-order valence-electron chi connectivity index (χ0n) is 11.8. The number of amides is 1. The van der Waals surface area contributed by atoms with Crippen LogP contribution in [0.4, 0.5) is 5.69 Å². The number of hydrogen-bond donors (Lipinski definition) is 2. The number of nitrogens with zero attached hydrogens (tertiary/aromatic N) is 3. The highest BCUT2D eigenvalue weighted by molar-refractivity contribution is 5.93. The van der Waals surface area contributed by atoms with Gasteiger partial charge in [0.15, 0.2) is 0 Å². The van der Waals surface area contributed by atoms with Crippen LogP contribution in [0.5, 0.6) is 0 Å². The number of aromatic nitrogens is 2. The number of rotatable bonds is 3. The van der Waals surface area contributed by atoms with Crippen LogP contribution in [-0.4, -0.2) is 51.9 Å². The molecule has 2 aromatic heterocycles. The lowest BCUT2D eigenvalue weighted by Crippen LogP contribution is -2.48. The Bertz CT molecular complexity index is 602. The van der Waals surface area contributed by atoms with Crippen LogP contribution in [0.1, 0.15) is 16.1 Å². The van der Waals surface area contributed by atoms with Gasteiger partial charge in [-0.15, -0.1) is 0 Å². The normalized spacial score (nSPS) is 16.1. The summed E-state index contributed by atoms with van der Waals surface area (Å²) in [6, 6.07) is 5.74. The lowest BCUT2D eigenvalue weighted by atomic mass is 10.2. The first-order chi connectivity index (χ1) is 10.2. The Morgan fingerprint density at radius 3 is 2.57 bits per heavy atom. The van der Waals surface area contributed by atoms with Crippen LogP contribution in [0, 0.1) is 0 Å². The summed E-state index contributed by atoms with van der Waals surface area (Å²) in [5, 5.41) is 0. The average Bonchev–Trinajstić information content (AvgIpc) is 2.95. The molecule has 0 bridgehead atoms. The molecule has 6 nitrogen and oxygen atoms in total. The van der Waals surface area contributed by atoms with Crippen molar-refractivity contribution in [1.82, 2.24) is 19.8 Å². The Labute approximate surface area is 123 Å². The van der Waals surface area contributed by atoms with Crippen LogP contribution in [0.3, 0.4) is 0 Å². The molecule has 3 N–H and O–H groups in total. The van der Waals surface area contributed by atoms with E-state index in [4.69, 9.17) is 5.73 Å². The lowest BCUT2D eigenvalue weighted by Gasteiger charge is -2.34. The van der Waals surface area contributed by atoms with Gasteiger partial charge in [-0.2, -0.15) is 0 Å². The van der Waals surface area contributed by atoms with E-state index in [9.17, 15) is 4.79 Å². The standard InChI is InChI=1S/C15H19N5O/c16-13-9-14(18-10-13)15(21)20-7-5-19(6-8-20)11-12-1-3-17-4-2-12/h1-4,9-10,18H,5-8,11,16H2. The second-order valence-corrected chi connectivity index (χ2v) is 5.27. The lowest BCUT2D eigenvalue weighted by molar-refractivity contribution is 0.0623. The molecular weight excluding hydrogens is 266 g/mol. The molecule has 0 saturated carbocycles. The van der Waals surface area contributed by atoms with E-state index in [1.54, 1.807) is 12.3 Å². The molecule has 1 saturated heterocycles. The fourth-order valence-corrected chi connectivity index (χ4v) is 2.56. The van der Waals surface area contributed by atoms with E-state index in [2.05, 4.69) is 14.9 Å². The molecule has 1 amide bonds. The van der Waals surface area contributed by atoms with Crippen LogP contribution in [0.15, 0.2) is 36.8 Å². The van der Waals surface area contributed by atoms with Crippen LogP contribution < -0.4 is 5.73 Å². The molecule has 21 heavy (non-hydrogen) atoms. The van der Waals surface area contributed by atoms with Crippen molar-refractivity contribution in [2.24, 2.45) is 0 Å². The van der Waals surface area contributed by atoms with Crippen molar-refractivity contribution in [1.29, 1.82) is 0 Å². The average molecular weight is 285 g/mol. The summed E-state index contributed by atoms with van der Waals surface area (Å²) < 4.78 is 0. The topological polar surface area (TPSA) is 78.2 Å². The number of nitrogens with one attached hydrogen (secondary N) is 1. The molecule has 0 aliphatic carbocycles. The van der Waals surface area contributed by atoms with Gasteiger partial charge in [0.25, 0.3) is 5.91 Å². The molecule has 6 heteroatoms. The number of piperazine rings is 1. The monoisotopic (exact) mass is 285 g/mol. The van der Waals surface area contributed by atoms with E-state index >= 15 is 0 Å². The van der Waals surface area contributed by atoms with Crippen molar-refractivity contribution in [2.45, 2.75) is 6.54 Å². The zero-order chi connectivity index (χ0) is 14.7. The van der Waals surface area contributed by atoms with Gasteiger partial charge in [0, 0.05) is 57.0 Å². The van der Waals surface area contributed by atoms with Gasteiger partial charge in [-0.1, -0.05) is 0 Å². The van der Waals surface area contributed by atoms with Crippen LogP contribution in [0.25, 0.3) is 0 Å². The van der Waals surface area contributed by atoms with Gasteiger partial charge in [-0.3, -0.25) is 14.7 Å². The third-order valence-corrected chi connectivity index (χ3v) is 3.75. The van der Waals surface area contributed by atoms with E-state index < -0.39 is 0 Å². The van der Waals surface area contributed by atoms with Gasteiger partial charge in [0.1, 0.15) is 5.69 Å². The SMILES string of the molecule is Nc1c[nH]c(C(=O)N2CCN(Cc3ccncc3)CC2)c1. The van der Waals surface area contributed by atoms with E-state index in [0.29, 0.717) is 11.4 Å². The number of H-pyrrole nitrogens is 1. The third kappa shape index (κ3) is 3.22. The summed E-state index contributed by atoms with van der Waals surface area (Å²) in [5.41, 5.74) is 8.05. The highest BCUT2D eigenvalue weighted by Gasteiger charge is 2.22. The largest absolute Gasteiger partial charge is 0.397 e. The number of pyridine rings is 1.